The van der Waals surface area contributed by atoms with Crippen LogP contribution in [-0.4, -0.2) is 17.4 Å². The van der Waals surface area contributed by atoms with Gasteiger partial charge in [-0.3, -0.25) is 0 Å². The summed E-state index contributed by atoms with van der Waals surface area (Å²) >= 11 is 0. The molecule has 1 heterocycles. The van der Waals surface area contributed by atoms with Gasteiger partial charge in [0, 0.05) is 11.6 Å². The fourth-order valence-electron chi connectivity index (χ4n) is 1.02. The van der Waals surface area contributed by atoms with E-state index < -0.39 is 12.3 Å². The summed E-state index contributed by atoms with van der Waals surface area (Å²) in [6, 6.07) is 0. The molecule has 0 fully saturated rings. The highest BCUT2D eigenvalue weighted by Gasteiger charge is 2.22. The molecular weight excluding hydrogens is 144 g/mol. The van der Waals surface area contributed by atoms with E-state index in [1.165, 1.54) is 6.08 Å². The molecule has 1 aliphatic heterocycles. The number of ether oxygens (including phenoxy) is 1. The van der Waals surface area contributed by atoms with Crippen LogP contribution in [0.1, 0.15) is 26.2 Å². The van der Waals surface area contributed by atoms with Gasteiger partial charge in [-0.2, -0.15) is 0 Å². The Morgan fingerprint density at radius 3 is 2.91 bits per heavy atom. The van der Waals surface area contributed by atoms with E-state index in [9.17, 15) is 4.79 Å². The molecule has 3 nitrogen and oxygen atoms in total. The third-order valence-electron chi connectivity index (χ3n) is 1.67. The van der Waals surface area contributed by atoms with Gasteiger partial charge in [-0.1, -0.05) is 13.3 Å². The zero-order valence-electron chi connectivity index (χ0n) is 6.54. The second-order valence-electron chi connectivity index (χ2n) is 2.61. The zero-order chi connectivity index (χ0) is 8.27. The molecule has 0 bridgehead atoms. The summed E-state index contributed by atoms with van der Waals surface area (Å²) in [6.07, 6.45) is 3.19. The Bertz CT molecular complexity index is 184. The van der Waals surface area contributed by atoms with Gasteiger partial charge in [-0.05, 0) is 12.8 Å². The second kappa shape index (κ2) is 3.53. The Hall–Kier alpha value is -0.830. The molecule has 0 aromatic carbocycles. The maximum atomic E-state index is 10.6. The van der Waals surface area contributed by atoms with Gasteiger partial charge >= 0.3 is 5.97 Å². The van der Waals surface area contributed by atoms with Gasteiger partial charge in [0.05, 0.1) is 0 Å². The highest BCUT2D eigenvalue weighted by molar-refractivity contribution is 5.85. The number of esters is 1. The minimum Gasteiger partial charge on any atom is -0.429 e. The average Bonchev–Trinajstić information content (AvgIpc) is 2.26. The zero-order valence-corrected chi connectivity index (χ0v) is 6.54. The van der Waals surface area contributed by atoms with E-state index in [0.717, 1.165) is 19.3 Å². The SMILES string of the molecule is CCCCC1=CC(=O)OC1O. The Morgan fingerprint density at radius 2 is 2.45 bits per heavy atom. The average molecular weight is 156 g/mol. The molecule has 0 radical (unpaired) electrons. The minimum atomic E-state index is -0.978. The van der Waals surface area contributed by atoms with E-state index >= 15 is 0 Å². The molecule has 0 saturated carbocycles. The maximum absolute atomic E-state index is 10.6. The Balaban J connectivity index is 2.43. The van der Waals surface area contributed by atoms with Crippen LogP contribution in [0.4, 0.5) is 0 Å². The van der Waals surface area contributed by atoms with Crippen LogP contribution in [0.2, 0.25) is 0 Å². The van der Waals surface area contributed by atoms with Crippen molar-refractivity contribution < 1.29 is 14.6 Å². The summed E-state index contributed by atoms with van der Waals surface area (Å²) in [7, 11) is 0. The van der Waals surface area contributed by atoms with Crippen molar-refractivity contribution in [3.05, 3.63) is 11.6 Å². The van der Waals surface area contributed by atoms with Crippen molar-refractivity contribution >= 4 is 5.97 Å². The highest BCUT2D eigenvalue weighted by atomic mass is 16.6. The van der Waals surface area contributed by atoms with E-state index in [1.807, 2.05) is 0 Å². The van der Waals surface area contributed by atoms with Gasteiger partial charge in [-0.15, -0.1) is 0 Å². The van der Waals surface area contributed by atoms with Crippen LogP contribution in [0.25, 0.3) is 0 Å². The molecule has 1 atom stereocenters. The van der Waals surface area contributed by atoms with E-state index in [-0.39, 0.29) is 0 Å². The van der Waals surface area contributed by atoms with Crippen molar-refractivity contribution in [3.8, 4) is 0 Å². The smallest absolute Gasteiger partial charge is 0.333 e. The Morgan fingerprint density at radius 1 is 1.73 bits per heavy atom. The van der Waals surface area contributed by atoms with Crippen molar-refractivity contribution in [2.45, 2.75) is 32.5 Å². The van der Waals surface area contributed by atoms with Crippen LogP contribution in [0.15, 0.2) is 11.6 Å². The lowest BCUT2D eigenvalue weighted by Gasteiger charge is -2.05. The van der Waals surface area contributed by atoms with Gasteiger partial charge in [0.25, 0.3) is 0 Å². The molecule has 3 heteroatoms. The number of cyclic esters (lactones) is 1. The van der Waals surface area contributed by atoms with Gasteiger partial charge in [0.2, 0.25) is 6.29 Å². The second-order valence-corrected chi connectivity index (χ2v) is 2.61. The third kappa shape index (κ3) is 2.05. The number of carbonyl (C=O) groups is 1. The van der Waals surface area contributed by atoms with Gasteiger partial charge in [0.15, 0.2) is 0 Å². The molecule has 1 aliphatic rings. The number of hydrogen-bond donors (Lipinski definition) is 1. The maximum Gasteiger partial charge on any atom is 0.333 e. The van der Waals surface area contributed by atoms with Crippen molar-refractivity contribution in [1.29, 1.82) is 0 Å². The predicted molar refractivity (Wildman–Crippen MR) is 39.7 cm³/mol. The number of aliphatic hydroxyl groups excluding tert-OH is 1. The van der Waals surface area contributed by atoms with Crippen LogP contribution in [0.3, 0.4) is 0 Å². The largest absolute Gasteiger partial charge is 0.429 e. The van der Waals surface area contributed by atoms with Crippen molar-refractivity contribution in [1.82, 2.24) is 0 Å². The minimum absolute atomic E-state index is 0.427. The van der Waals surface area contributed by atoms with Crippen LogP contribution < -0.4 is 0 Å². The van der Waals surface area contributed by atoms with Crippen LogP contribution in [-0.2, 0) is 9.53 Å². The molecule has 0 saturated heterocycles. The third-order valence-corrected chi connectivity index (χ3v) is 1.67. The number of aliphatic hydroxyl groups is 1. The summed E-state index contributed by atoms with van der Waals surface area (Å²) in [5.74, 6) is -0.427. The molecule has 62 valence electrons. The summed E-state index contributed by atoms with van der Waals surface area (Å²) in [6.45, 7) is 2.06. The summed E-state index contributed by atoms with van der Waals surface area (Å²) < 4.78 is 4.49. The molecular formula is C8H12O3. The number of hydrogen-bond acceptors (Lipinski definition) is 3. The lowest BCUT2D eigenvalue weighted by atomic mass is 10.1. The molecule has 11 heavy (non-hydrogen) atoms. The first-order valence-electron chi connectivity index (χ1n) is 3.83. The summed E-state index contributed by atoms with van der Waals surface area (Å²) in [5, 5.41) is 9.07. The summed E-state index contributed by atoms with van der Waals surface area (Å²) in [5.41, 5.74) is 0.705. The summed E-state index contributed by atoms with van der Waals surface area (Å²) in [4.78, 5) is 10.6. The molecule has 0 aromatic heterocycles. The quantitative estimate of drug-likeness (QED) is 0.619. The number of rotatable bonds is 3. The first-order chi connectivity index (χ1) is 5.24. The molecule has 0 amide bonds. The lowest BCUT2D eigenvalue weighted by molar-refractivity contribution is -0.151. The predicted octanol–water partition coefficient (Wildman–Crippen LogP) is 0.978. The lowest BCUT2D eigenvalue weighted by Crippen LogP contribution is -2.09. The van der Waals surface area contributed by atoms with Crippen LogP contribution in [0.5, 0.6) is 0 Å². The molecule has 0 aromatic rings. The first kappa shape index (κ1) is 8.27. The highest BCUT2D eigenvalue weighted by Crippen LogP contribution is 2.18. The van der Waals surface area contributed by atoms with Gasteiger partial charge < -0.3 is 9.84 Å². The molecule has 1 N–H and O–H groups in total. The fraction of sp³-hybridized carbons (Fsp3) is 0.625. The van der Waals surface area contributed by atoms with Crippen molar-refractivity contribution in [2.24, 2.45) is 0 Å². The van der Waals surface area contributed by atoms with E-state index in [1.54, 1.807) is 0 Å². The standard InChI is InChI=1S/C8H12O3/c1-2-3-4-6-5-7(9)11-8(6)10/h5,8,10H,2-4H2,1H3. The van der Waals surface area contributed by atoms with E-state index in [0.29, 0.717) is 5.57 Å². The Kier molecular flexibility index (Phi) is 2.65. The van der Waals surface area contributed by atoms with Crippen molar-refractivity contribution in [2.75, 3.05) is 0 Å². The fourth-order valence-corrected chi connectivity index (χ4v) is 1.02. The number of carbonyl (C=O) groups excluding carboxylic acids is 1. The van der Waals surface area contributed by atoms with E-state index in [2.05, 4.69) is 11.7 Å². The van der Waals surface area contributed by atoms with Gasteiger partial charge in [-0.25, -0.2) is 4.79 Å². The normalized spacial score (nSPS) is 23.3. The monoisotopic (exact) mass is 156 g/mol. The van der Waals surface area contributed by atoms with Crippen molar-refractivity contribution in [3.63, 3.8) is 0 Å². The molecule has 1 unspecified atom stereocenters. The topological polar surface area (TPSA) is 46.5 Å². The van der Waals surface area contributed by atoms with Gasteiger partial charge in [0.1, 0.15) is 0 Å². The molecule has 0 spiro atoms. The van der Waals surface area contributed by atoms with E-state index in [4.69, 9.17) is 5.11 Å². The molecule has 1 rings (SSSR count). The Labute approximate surface area is 65.7 Å². The van der Waals surface area contributed by atoms with Crippen LogP contribution >= 0.6 is 0 Å². The number of unbranched alkanes of at least 4 members (excludes halogenated alkanes) is 1. The van der Waals surface area contributed by atoms with Crippen LogP contribution in [0, 0.1) is 0 Å². The first-order valence-corrected chi connectivity index (χ1v) is 3.83. The molecule has 0 aliphatic carbocycles.